The van der Waals surface area contributed by atoms with Gasteiger partial charge in [0.1, 0.15) is 0 Å². The molecule has 0 radical (unpaired) electrons. The largest absolute Gasteiger partial charge is 0.223 e. The Morgan fingerprint density at radius 1 is 0.586 bits per heavy atom. The average Bonchev–Trinajstić information content (AvgIpc) is 2.59. The highest BCUT2D eigenvalue weighted by molar-refractivity contribution is 8.10. The van der Waals surface area contributed by atoms with Crippen LogP contribution in [-0.2, 0) is 19.7 Å². The summed E-state index contributed by atoms with van der Waals surface area (Å²) in [6, 6.07) is 1.99. The molecule has 0 spiro atoms. The van der Waals surface area contributed by atoms with E-state index in [2.05, 4.69) is 0 Å². The first kappa shape index (κ1) is 22.7. The molecule has 2 aromatic carbocycles. The molecule has 156 valence electrons. The van der Waals surface area contributed by atoms with Crippen molar-refractivity contribution in [1.29, 1.82) is 0 Å². The second-order valence-corrected chi connectivity index (χ2v) is 9.78. The van der Waals surface area contributed by atoms with Crippen LogP contribution >= 0.6 is 0 Å². The highest BCUT2D eigenvalue weighted by Crippen LogP contribution is 2.17. The topological polar surface area (TPSA) is 68.3 Å². The van der Waals surface area contributed by atoms with Gasteiger partial charge in [-0.05, 0) is 47.5 Å². The Labute approximate surface area is 161 Å². The van der Waals surface area contributed by atoms with Crippen LogP contribution in [0.15, 0.2) is 35.1 Å². The third-order valence-corrected chi connectivity index (χ3v) is 7.01. The van der Waals surface area contributed by atoms with E-state index in [1.807, 2.05) is 0 Å². The summed E-state index contributed by atoms with van der Waals surface area (Å²) >= 11 is 0. The molecule has 0 saturated carbocycles. The molecule has 0 aliphatic rings. The lowest BCUT2D eigenvalue weighted by molar-refractivity contribution is 0.447. The molecule has 2 aromatic rings. The average molecular weight is 456 g/mol. The Kier molecular flexibility index (Phi) is 6.58. The first-order valence-electron chi connectivity index (χ1n) is 7.40. The molecule has 12 heteroatoms. The smallest absolute Gasteiger partial charge is 0.194 e. The summed E-state index contributed by atoms with van der Waals surface area (Å²) in [5.74, 6) is -9.81. The van der Waals surface area contributed by atoms with E-state index in [-0.39, 0.29) is 11.1 Å². The van der Waals surface area contributed by atoms with E-state index in [0.717, 1.165) is 0 Å². The maximum atomic E-state index is 13.1. The van der Waals surface area contributed by atoms with Gasteiger partial charge in [0.05, 0.1) is 0 Å². The van der Waals surface area contributed by atoms with Crippen molar-refractivity contribution < 1.29 is 43.2 Å². The zero-order valence-electron chi connectivity index (χ0n) is 14.0. The van der Waals surface area contributed by atoms with E-state index in [0.29, 0.717) is 47.2 Å². The van der Waals surface area contributed by atoms with Gasteiger partial charge in [0, 0.05) is 10.8 Å². The van der Waals surface area contributed by atoms with E-state index < -0.39 is 59.7 Å². The first-order valence-corrected chi connectivity index (χ1v) is 10.8. The van der Waals surface area contributed by atoms with Gasteiger partial charge in [-0.3, -0.25) is 0 Å². The highest BCUT2D eigenvalue weighted by atomic mass is 32.3. The quantitative estimate of drug-likeness (QED) is 0.488. The number of hydrogen-bond acceptors (Lipinski definition) is 4. The van der Waals surface area contributed by atoms with Gasteiger partial charge < -0.3 is 0 Å². The number of rotatable bonds is 6. The molecule has 0 N–H and O–H groups in total. The van der Waals surface area contributed by atoms with E-state index in [4.69, 9.17) is 0 Å². The van der Waals surface area contributed by atoms with Crippen LogP contribution in [0.2, 0.25) is 0 Å². The lowest BCUT2D eigenvalue weighted by atomic mass is 10.2. The van der Waals surface area contributed by atoms with Gasteiger partial charge in [-0.15, -0.1) is 0 Å². The van der Waals surface area contributed by atoms with Crippen molar-refractivity contribution in [2.45, 2.75) is 0 Å². The Balaban J connectivity index is 2.20. The van der Waals surface area contributed by atoms with Crippen LogP contribution in [0.4, 0.5) is 26.3 Å². The fourth-order valence-corrected chi connectivity index (χ4v) is 5.20. The van der Waals surface area contributed by atoms with Gasteiger partial charge in [-0.25, -0.2) is 43.2 Å². The second kappa shape index (κ2) is 8.41. The zero-order chi connectivity index (χ0) is 22.0. The Morgan fingerprint density at radius 2 is 0.862 bits per heavy atom. The van der Waals surface area contributed by atoms with E-state index >= 15 is 0 Å². The third-order valence-electron chi connectivity index (χ3n) is 3.28. The molecule has 0 saturated heterocycles. The van der Waals surface area contributed by atoms with Crippen molar-refractivity contribution in [1.82, 2.24) is 0 Å². The normalized spacial score (nSPS) is 12.9. The van der Waals surface area contributed by atoms with Gasteiger partial charge in [0.25, 0.3) is 0 Å². The summed E-state index contributed by atoms with van der Waals surface area (Å²) < 4.78 is 126. The molecular weight excluding hydrogens is 446 g/mol. The Bertz CT molecular complexity index is 1080. The van der Waals surface area contributed by atoms with Gasteiger partial charge in [-0.1, -0.05) is 0 Å². The minimum atomic E-state index is -4.47. The van der Waals surface area contributed by atoms with Crippen molar-refractivity contribution in [2.24, 2.45) is 0 Å². The van der Waals surface area contributed by atoms with Crippen LogP contribution in [0.1, 0.15) is 11.1 Å². The molecule has 0 amide bonds. The predicted octanol–water partition coefficient (Wildman–Crippen LogP) is 3.95. The molecule has 0 aliphatic carbocycles. The molecule has 29 heavy (non-hydrogen) atoms. The van der Waals surface area contributed by atoms with E-state index in [1.165, 1.54) is 0 Å². The van der Waals surface area contributed by atoms with E-state index in [9.17, 15) is 43.2 Å². The highest BCUT2D eigenvalue weighted by Gasteiger charge is 2.18. The Hall–Kier alpha value is -2.60. The molecule has 0 heterocycles. The first-order chi connectivity index (χ1) is 13.3. The summed E-state index contributed by atoms with van der Waals surface area (Å²) in [5.41, 5.74) is -0.759. The molecule has 0 bridgehead atoms. The van der Waals surface area contributed by atoms with Crippen LogP contribution in [0.25, 0.3) is 12.2 Å². The number of benzene rings is 2. The van der Waals surface area contributed by atoms with Crippen molar-refractivity contribution in [3.05, 3.63) is 81.1 Å². The van der Waals surface area contributed by atoms with Crippen LogP contribution in [0, 0.1) is 34.9 Å². The number of sulfone groups is 2. The molecule has 4 nitrogen and oxygen atoms in total. The zero-order valence-corrected chi connectivity index (χ0v) is 15.7. The molecular formula is C17H10F6O4S2. The fourth-order valence-electron chi connectivity index (χ4n) is 2.01. The van der Waals surface area contributed by atoms with Crippen molar-refractivity contribution >= 4 is 31.8 Å². The van der Waals surface area contributed by atoms with Gasteiger partial charge >= 0.3 is 0 Å². The molecule has 0 aromatic heterocycles. The number of hydrogen-bond donors (Lipinski definition) is 0. The lowest BCUT2D eigenvalue weighted by Crippen LogP contribution is -2.11. The lowest BCUT2D eigenvalue weighted by Gasteiger charge is -2.01. The molecule has 0 aliphatic heterocycles. The summed E-state index contributed by atoms with van der Waals surface area (Å²) in [6.07, 6.45) is 1.32. The molecule has 2 rings (SSSR count). The van der Waals surface area contributed by atoms with Crippen molar-refractivity contribution in [3.8, 4) is 0 Å². The maximum Gasteiger partial charge on any atom is 0.194 e. The standard InChI is InChI=1S/C17H10F6O4S2/c18-12-5-10(6-13(19)16(12)22)1-3-28(24,25)9-29(26,27)4-2-11-7-14(20)17(23)15(21)8-11/h1-8H,9H2/b3-1+,4-2+. The number of halogens is 6. The van der Waals surface area contributed by atoms with Gasteiger partial charge in [0.2, 0.25) is 0 Å². The summed E-state index contributed by atoms with van der Waals surface area (Å²) in [7, 11) is -8.93. The fraction of sp³-hybridized carbons (Fsp3) is 0.0588. The van der Waals surface area contributed by atoms with Crippen molar-refractivity contribution in [2.75, 3.05) is 5.08 Å². The molecule has 0 fully saturated rings. The summed E-state index contributed by atoms with van der Waals surface area (Å²) in [6.45, 7) is 0. The van der Waals surface area contributed by atoms with Crippen molar-refractivity contribution in [3.63, 3.8) is 0 Å². The van der Waals surface area contributed by atoms with Crippen LogP contribution < -0.4 is 0 Å². The third kappa shape index (κ3) is 6.19. The van der Waals surface area contributed by atoms with Gasteiger partial charge in [-0.2, -0.15) is 0 Å². The second-order valence-electron chi connectivity index (χ2n) is 5.65. The van der Waals surface area contributed by atoms with Crippen LogP contribution in [0.3, 0.4) is 0 Å². The van der Waals surface area contributed by atoms with E-state index in [1.54, 1.807) is 0 Å². The monoisotopic (exact) mass is 456 g/mol. The summed E-state index contributed by atoms with van der Waals surface area (Å²) in [5, 5.41) is -0.783. The Morgan fingerprint density at radius 3 is 1.14 bits per heavy atom. The van der Waals surface area contributed by atoms with Crippen LogP contribution in [0.5, 0.6) is 0 Å². The maximum absolute atomic E-state index is 13.1. The minimum Gasteiger partial charge on any atom is -0.223 e. The van der Waals surface area contributed by atoms with Crippen LogP contribution in [-0.4, -0.2) is 21.9 Å². The minimum absolute atomic E-state index is 0.349. The van der Waals surface area contributed by atoms with Gasteiger partial charge in [0.15, 0.2) is 59.7 Å². The molecule has 0 unspecified atom stereocenters. The predicted molar refractivity (Wildman–Crippen MR) is 93.4 cm³/mol. The summed E-state index contributed by atoms with van der Waals surface area (Å²) in [4.78, 5) is 0. The molecule has 0 atom stereocenters. The SMILES string of the molecule is O=S(=O)(/C=C/c1cc(F)c(F)c(F)c1)CS(=O)(=O)/C=C/c1cc(F)c(F)c(F)c1.